The summed E-state index contributed by atoms with van der Waals surface area (Å²) in [4.78, 5) is 8.90. The number of hydrogen-bond donors (Lipinski definition) is 2. The second kappa shape index (κ2) is 8.94. The first-order valence-electron chi connectivity index (χ1n) is 11.8. The minimum absolute atomic E-state index is 0.0661. The number of anilines is 2. The van der Waals surface area contributed by atoms with Gasteiger partial charge in [0.05, 0.1) is 25.1 Å². The van der Waals surface area contributed by atoms with E-state index in [-0.39, 0.29) is 11.2 Å². The van der Waals surface area contributed by atoms with Crippen LogP contribution in [-0.2, 0) is 0 Å². The van der Waals surface area contributed by atoms with Gasteiger partial charge in [0, 0.05) is 22.1 Å². The fourth-order valence-electron chi connectivity index (χ4n) is 3.64. The van der Waals surface area contributed by atoms with Crippen LogP contribution in [0.2, 0.25) is 0 Å². The Morgan fingerprint density at radius 2 is 1.97 bits per heavy atom. The largest absolute Gasteiger partial charge is 0.373 e. The molecule has 1 aliphatic carbocycles. The predicted octanol–water partition coefficient (Wildman–Crippen LogP) is 6.12. The molecular formula is C25H27BrFN7. The Bertz CT molecular complexity index is 1360. The molecule has 1 fully saturated rings. The number of nitrogens with one attached hydrogen (secondary N) is 2. The van der Waals surface area contributed by atoms with Crippen molar-refractivity contribution in [2.75, 3.05) is 17.2 Å². The highest BCUT2D eigenvalue weighted by molar-refractivity contribution is 9.10. The van der Waals surface area contributed by atoms with E-state index in [2.05, 4.69) is 67.6 Å². The monoisotopic (exact) mass is 524 g/mol. The van der Waals surface area contributed by atoms with E-state index in [1.165, 1.54) is 18.5 Å². The number of aromatic nitrogens is 5. The Labute approximate surface area is 207 Å². The standard InChI is InChI=1S/C25H27BrFN7/c1-25(2,3)13-28-24-19-10-17(11-20(26)23(19)29-14-30-24)31-22(15-4-6-16(27)7-5-15)21-12-34(33-32-21)18-8-9-18/h4-7,10-12,14,18,22,31H,8-9,13H2,1-3H3,(H,28,29,30)/i22D. The number of fused-ring (bicyclic) bond motifs is 1. The molecule has 5 rings (SSSR count). The number of halogens is 2. The summed E-state index contributed by atoms with van der Waals surface area (Å²) in [5, 5.41) is 16.1. The van der Waals surface area contributed by atoms with Crippen LogP contribution in [0.25, 0.3) is 10.9 Å². The van der Waals surface area contributed by atoms with Crippen molar-refractivity contribution in [3.05, 3.63) is 70.5 Å². The van der Waals surface area contributed by atoms with E-state index in [1.807, 2.05) is 16.8 Å². The van der Waals surface area contributed by atoms with E-state index in [4.69, 9.17) is 0 Å². The maximum Gasteiger partial charge on any atom is 0.137 e. The molecule has 2 aromatic heterocycles. The molecule has 1 saturated carbocycles. The first kappa shape index (κ1) is 21.5. The zero-order chi connectivity index (χ0) is 24.8. The van der Waals surface area contributed by atoms with Crippen LogP contribution < -0.4 is 10.6 Å². The summed E-state index contributed by atoms with van der Waals surface area (Å²) in [6.45, 7) is 7.19. The Balaban J connectivity index is 1.57. The third-order valence-electron chi connectivity index (χ3n) is 5.57. The van der Waals surface area contributed by atoms with Gasteiger partial charge in [0.25, 0.3) is 0 Å². The fourth-order valence-corrected chi connectivity index (χ4v) is 4.20. The molecule has 176 valence electrons. The van der Waals surface area contributed by atoms with Gasteiger partial charge in [-0.05, 0) is 64.0 Å². The lowest BCUT2D eigenvalue weighted by Crippen LogP contribution is -2.19. The third kappa shape index (κ3) is 5.04. The summed E-state index contributed by atoms with van der Waals surface area (Å²) in [7, 11) is 0. The molecule has 2 aromatic carbocycles. The van der Waals surface area contributed by atoms with Crippen molar-refractivity contribution in [1.29, 1.82) is 0 Å². The van der Waals surface area contributed by atoms with Crippen LogP contribution in [0.1, 0.15) is 58.3 Å². The van der Waals surface area contributed by atoms with Crippen molar-refractivity contribution in [3.63, 3.8) is 0 Å². The highest BCUT2D eigenvalue weighted by Gasteiger charge is 2.27. The molecule has 1 aliphatic rings. The SMILES string of the molecule is [2H]C(Nc1cc(Br)c2ncnc(NCC(C)(C)C)c2c1)(c1ccc(F)cc1)c1cn(C2CC2)nn1. The van der Waals surface area contributed by atoms with Crippen LogP contribution in [0, 0.1) is 11.2 Å². The first-order chi connectivity index (χ1) is 16.6. The van der Waals surface area contributed by atoms with Gasteiger partial charge in [0.1, 0.15) is 23.7 Å². The van der Waals surface area contributed by atoms with Crippen molar-refractivity contribution < 1.29 is 5.76 Å². The molecule has 7 nitrogen and oxygen atoms in total. The quantitative estimate of drug-likeness (QED) is 0.303. The number of hydrogen-bond acceptors (Lipinski definition) is 6. The molecule has 0 saturated heterocycles. The van der Waals surface area contributed by atoms with Gasteiger partial charge in [-0.25, -0.2) is 19.0 Å². The van der Waals surface area contributed by atoms with Gasteiger partial charge < -0.3 is 10.6 Å². The second-order valence-electron chi connectivity index (χ2n) is 9.81. The van der Waals surface area contributed by atoms with Gasteiger partial charge in [-0.1, -0.05) is 38.1 Å². The average molecular weight is 525 g/mol. The molecule has 1 unspecified atom stereocenters. The molecule has 34 heavy (non-hydrogen) atoms. The summed E-state index contributed by atoms with van der Waals surface area (Å²) >= 11 is 3.63. The highest BCUT2D eigenvalue weighted by atomic mass is 79.9. The zero-order valence-electron chi connectivity index (χ0n) is 20.3. The first-order valence-corrected chi connectivity index (χ1v) is 12.1. The minimum atomic E-state index is -1.50. The van der Waals surface area contributed by atoms with E-state index in [9.17, 15) is 5.76 Å². The van der Waals surface area contributed by atoms with Gasteiger partial charge in [-0.3, -0.25) is 0 Å². The van der Waals surface area contributed by atoms with Crippen LogP contribution in [0.15, 0.2) is 53.4 Å². The van der Waals surface area contributed by atoms with E-state index in [0.29, 0.717) is 28.8 Å². The van der Waals surface area contributed by atoms with E-state index < -0.39 is 6.02 Å². The minimum Gasteiger partial charge on any atom is -0.373 e. The number of benzene rings is 2. The van der Waals surface area contributed by atoms with Crippen molar-refractivity contribution in [2.45, 2.75) is 45.7 Å². The Hall–Kier alpha value is -3.07. The normalized spacial score (nSPS) is 16.2. The zero-order valence-corrected chi connectivity index (χ0v) is 20.9. The molecule has 0 radical (unpaired) electrons. The molecule has 2 N–H and O–H groups in total. The number of nitrogens with zero attached hydrogens (tertiary/aromatic N) is 5. The van der Waals surface area contributed by atoms with Crippen molar-refractivity contribution >= 4 is 38.3 Å². The molecule has 0 aliphatic heterocycles. The summed E-state index contributed by atoms with van der Waals surface area (Å²) < 4.78 is 25.8. The molecule has 2 heterocycles. The Morgan fingerprint density at radius 3 is 2.68 bits per heavy atom. The van der Waals surface area contributed by atoms with E-state index >= 15 is 0 Å². The average Bonchev–Trinajstić information content (AvgIpc) is 3.53. The van der Waals surface area contributed by atoms with Gasteiger partial charge in [0.2, 0.25) is 0 Å². The van der Waals surface area contributed by atoms with E-state index in [0.717, 1.165) is 34.8 Å². The van der Waals surface area contributed by atoms with Crippen LogP contribution in [0.4, 0.5) is 15.9 Å². The molecular weight excluding hydrogens is 497 g/mol. The van der Waals surface area contributed by atoms with E-state index in [1.54, 1.807) is 18.3 Å². The summed E-state index contributed by atoms with van der Waals surface area (Å²) in [6, 6.07) is 8.53. The Morgan fingerprint density at radius 1 is 1.21 bits per heavy atom. The molecule has 0 spiro atoms. The fraction of sp³-hybridized carbons (Fsp3) is 0.360. The van der Waals surface area contributed by atoms with Gasteiger partial charge in [0.15, 0.2) is 0 Å². The van der Waals surface area contributed by atoms with Crippen molar-refractivity contribution in [2.24, 2.45) is 5.41 Å². The summed E-state index contributed by atoms with van der Waals surface area (Å²) in [6.07, 6.45) is 5.45. The molecule has 9 heteroatoms. The maximum atomic E-state index is 13.7. The van der Waals surface area contributed by atoms with Crippen molar-refractivity contribution in [3.8, 4) is 0 Å². The Kier molecular flexibility index (Phi) is 5.64. The molecule has 0 bridgehead atoms. The van der Waals surface area contributed by atoms with Crippen LogP contribution >= 0.6 is 15.9 Å². The molecule has 1 atom stereocenters. The predicted molar refractivity (Wildman–Crippen MR) is 135 cm³/mol. The lowest BCUT2D eigenvalue weighted by atomic mass is 9.97. The van der Waals surface area contributed by atoms with Crippen LogP contribution in [0.3, 0.4) is 0 Å². The molecule has 4 aromatic rings. The lowest BCUT2D eigenvalue weighted by Gasteiger charge is -2.21. The maximum absolute atomic E-state index is 13.7. The van der Waals surface area contributed by atoms with Crippen molar-refractivity contribution in [1.82, 2.24) is 25.0 Å². The molecule has 0 amide bonds. The van der Waals surface area contributed by atoms with Gasteiger partial charge in [-0.15, -0.1) is 5.10 Å². The topological polar surface area (TPSA) is 80.5 Å². The van der Waals surface area contributed by atoms with Crippen LogP contribution in [0.5, 0.6) is 0 Å². The highest BCUT2D eigenvalue weighted by Crippen LogP contribution is 2.36. The third-order valence-corrected chi connectivity index (χ3v) is 6.17. The lowest BCUT2D eigenvalue weighted by molar-refractivity contribution is 0.442. The number of rotatable bonds is 7. The van der Waals surface area contributed by atoms with Crippen LogP contribution in [-0.4, -0.2) is 31.5 Å². The van der Waals surface area contributed by atoms with Gasteiger partial charge >= 0.3 is 0 Å². The second-order valence-corrected chi connectivity index (χ2v) is 10.7. The summed E-state index contributed by atoms with van der Waals surface area (Å²) in [5.74, 6) is 0.351. The van der Waals surface area contributed by atoms with Gasteiger partial charge in [-0.2, -0.15) is 0 Å². The summed E-state index contributed by atoms with van der Waals surface area (Å²) in [5.41, 5.74) is 2.48. The smallest absolute Gasteiger partial charge is 0.137 e.